The number of hydrogen-bond donors (Lipinski definition) is 0. The van der Waals surface area contributed by atoms with Crippen molar-refractivity contribution in [2.45, 2.75) is 17.8 Å². The Morgan fingerprint density at radius 2 is 1.57 bits per heavy atom. The van der Waals surface area contributed by atoms with Crippen LogP contribution in [0.5, 0.6) is 0 Å². The highest BCUT2D eigenvalue weighted by Gasteiger charge is 2.01. The highest BCUT2D eigenvalue weighted by Crippen LogP contribution is 2.22. The van der Waals surface area contributed by atoms with Crippen LogP contribution >= 0.6 is 22.6 Å². The molecule has 0 N–H and O–H groups in total. The average molecular weight is 296 g/mol. The third-order valence-electron chi connectivity index (χ3n) is 2.59. The van der Waals surface area contributed by atoms with Gasteiger partial charge in [0.05, 0.1) is 0 Å². The Kier molecular flexibility index (Phi) is 3.06. The van der Waals surface area contributed by atoms with E-state index in [-0.39, 0.29) is 0 Å². The van der Waals surface area contributed by atoms with E-state index in [9.17, 15) is 0 Å². The number of aryl methyl sites for hydroxylation is 1. The summed E-state index contributed by atoms with van der Waals surface area (Å²) in [5, 5.41) is 2.72. The Balaban J connectivity index is 2.69. The molecule has 1 heteroatoms. The van der Waals surface area contributed by atoms with Gasteiger partial charge in [0.1, 0.15) is 0 Å². The van der Waals surface area contributed by atoms with Crippen LogP contribution in [0.15, 0.2) is 36.4 Å². The van der Waals surface area contributed by atoms with E-state index in [2.05, 4.69) is 65.9 Å². The molecule has 2 aromatic rings. The van der Waals surface area contributed by atoms with Gasteiger partial charge in [0.15, 0.2) is 0 Å². The number of halogens is 1. The topological polar surface area (TPSA) is 0 Å². The van der Waals surface area contributed by atoms with Crippen LogP contribution in [0.1, 0.15) is 18.1 Å². The quantitative estimate of drug-likeness (QED) is 0.571. The van der Waals surface area contributed by atoms with Gasteiger partial charge in [-0.05, 0) is 28.3 Å². The number of benzene rings is 2. The first-order valence-electron chi connectivity index (χ1n) is 4.91. The Bertz CT molecular complexity index is 403. The third kappa shape index (κ3) is 1.78. The fourth-order valence-corrected chi connectivity index (χ4v) is 2.50. The van der Waals surface area contributed by atoms with Gasteiger partial charge in [0.25, 0.3) is 0 Å². The molecular weight excluding hydrogens is 283 g/mol. The van der Waals surface area contributed by atoms with E-state index in [1.807, 2.05) is 0 Å². The molecule has 0 aliphatic rings. The maximum Gasteiger partial charge on any atom is 0.0250 e. The molecule has 72 valence electrons. The molecule has 0 spiro atoms. The van der Waals surface area contributed by atoms with E-state index >= 15 is 0 Å². The van der Waals surface area contributed by atoms with Crippen molar-refractivity contribution < 1.29 is 0 Å². The molecule has 2 aromatic carbocycles. The van der Waals surface area contributed by atoms with Crippen LogP contribution in [0, 0.1) is 0 Å². The van der Waals surface area contributed by atoms with Crippen LogP contribution in [-0.4, -0.2) is 0 Å². The number of alkyl halides is 1. The molecule has 0 saturated carbocycles. The first-order valence-corrected chi connectivity index (χ1v) is 6.44. The lowest BCUT2D eigenvalue weighted by Crippen LogP contribution is -1.89. The van der Waals surface area contributed by atoms with Crippen molar-refractivity contribution in [3.8, 4) is 0 Å². The molecule has 0 fully saturated rings. The standard InChI is InChI=1S/C13H13I/c1-2-10-7-11-5-3-4-6-12(11)8-13(10)9-14/h3-8H,2,9H2,1H3. The van der Waals surface area contributed by atoms with Crippen LogP contribution in [0.2, 0.25) is 0 Å². The predicted molar refractivity (Wildman–Crippen MR) is 71.1 cm³/mol. The van der Waals surface area contributed by atoms with Gasteiger partial charge in [-0.25, -0.2) is 0 Å². The van der Waals surface area contributed by atoms with Gasteiger partial charge in [0.2, 0.25) is 0 Å². The fourth-order valence-electron chi connectivity index (χ4n) is 1.79. The minimum atomic E-state index is 1.10. The SMILES string of the molecule is CCc1cc2ccccc2cc1CI. The molecule has 0 aliphatic carbocycles. The summed E-state index contributed by atoms with van der Waals surface area (Å²) in [4.78, 5) is 0. The second-order valence-corrected chi connectivity index (χ2v) is 4.22. The Hall–Kier alpha value is -0.570. The highest BCUT2D eigenvalue weighted by molar-refractivity contribution is 14.1. The largest absolute Gasteiger partial charge is 0.0812 e. The van der Waals surface area contributed by atoms with Crippen molar-refractivity contribution in [2.24, 2.45) is 0 Å². The average Bonchev–Trinajstić information content (AvgIpc) is 2.27. The van der Waals surface area contributed by atoms with Crippen molar-refractivity contribution >= 4 is 33.4 Å². The van der Waals surface area contributed by atoms with Gasteiger partial charge < -0.3 is 0 Å². The molecule has 0 radical (unpaired) electrons. The molecule has 0 amide bonds. The van der Waals surface area contributed by atoms with E-state index in [0.717, 1.165) is 10.8 Å². The molecule has 0 aromatic heterocycles. The van der Waals surface area contributed by atoms with Crippen molar-refractivity contribution in [1.29, 1.82) is 0 Å². The molecule has 0 bridgehead atoms. The molecule has 2 rings (SSSR count). The number of hydrogen-bond acceptors (Lipinski definition) is 0. The minimum absolute atomic E-state index is 1.10. The molecule has 0 unspecified atom stereocenters. The lowest BCUT2D eigenvalue weighted by molar-refractivity contribution is 1.11. The van der Waals surface area contributed by atoms with Gasteiger partial charge in [-0.1, -0.05) is 65.9 Å². The summed E-state index contributed by atoms with van der Waals surface area (Å²) in [5.74, 6) is 0. The van der Waals surface area contributed by atoms with Gasteiger partial charge >= 0.3 is 0 Å². The summed E-state index contributed by atoms with van der Waals surface area (Å²) in [6.07, 6.45) is 1.13. The number of rotatable bonds is 2. The first kappa shape index (κ1) is 9.97. The van der Waals surface area contributed by atoms with Gasteiger partial charge in [-0.3, -0.25) is 0 Å². The molecule has 0 nitrogen and oxygen atoms in total. The van der Waals surface area contributed by atoms with E-state index in [0.29, 0.717) is 0 Å². The molecule has 0 heterocycles. The zero-order chi connectivity index (χ0) is 9.97. The summed E-state index contributed by atoms with van der Waals surface area (Å²) in [5.41, 5.74) is 2.96. The monoisotopic (exact) mass is 296 g/mol. The van der Waals surface area contributed by atoms with Crippen LogP contribution in [0.3, 0.4) is 0 Å². The van der Waals surface area contributed by atoms with Gasteiger partial charge in [0, 0.05) is 4.43 Å². The zero-order valence-electron chi connectivity index (χ0n) is 8.26. The Morgan fingerprint density at radius 3 is 2.07 bits per heavy atom. The van der Waals surface area contributed by atoms with Crippen molar-refractivity contribution in [3.05, 3.63) is 47.5 Å². The lowest BCUT2D eigenvalue weighted by Gasteiger charge is -2.07. The molecule has 0 aliphatic heterocycles. The number of fused-ring (bicyclic) bond motifs is 1. The normalized spacial score (nSPS) is 10.7. The summed E-state index contributed by atoms with van der Waals surface area (Å²) >= 11 is 2.43. The van der Waals surface area contributed by atoms with E-state index in [4.69, 9.17) is 0 Å². The molecular formula is C13H13I. The minimum Gasteiger partial charge on any atom is -0.0812 e. The highest BCUT2D eigenvalue weighted by atomic mass is 127. The Morgan fingerprint density at radius 1 is 1.00 bits per heavy atom. The molecule has 0 atom stereocenters. The second-order valence-electron chi connectivity index (χ2n) is 3.46. The summed E-state index contributed by atoms with van der Waals surface area (Å²) in [7, 11) is 0. The van der Waals surface area contributed by atoms with Crippen LogP contribution in [0.4, 0.5) is 0 Å². The zero-order valence-corrected chi connectivity index (χ0v) is 10.4. The summed E-state index contributed by atoms with van der Waals surface area (Å²) in [6, 6.07) is 13.2. The Labute approximate surface area is 98.5 Å². The third-order valence-corrected chi connectivity index (χ3v) is 3.41. The summed E-state index contributed by atoms with van der Waals surface area (Å²) in [6.45, 7) is 2.22. The van der Waals surface area contributed by atoms with Crippen molar-refractivity contribution in [3.63, 3.8) is 0 Å². The fraction of sp³-hybridized carbons (Fsp3) is 0.231. The second kappa shape index (κ2) is 4.30. The van der Waals surface area contributed by atoms with E-state index < -0.39 is 0 Å². The molecule has 14 heavy (non-hydrogen) atoms. The smallest absolute Gasteiger partial charge is 0.0250 e. The van der Waals surface area contributed by atoms with Crippen LogP contribution < -0.4 is 0 Å². The van der Waals surface area contributed by atoms with E-state index in [1.165, 1.54) is 21.9 Å². The van der Waals surface area contributed by atoms with Gasteiger partial charge in [-0.15, -0.1) is 0 Å². The predicted octanol–water partition coefficient (Wildman–Crippen LogP) is 4.34. The van der Waals surface area contributed by atoms with Crippen molar-refractivity contribution in [2.75, 3.05) is 0 Å². The van der Waals surface area contributed by atoms with Crippen molar-refractivity contribution in [1.82, 2.24) is 0 Å². The summed E-state index contributed by atoms with van der Waals surface area (Å²) < 4.78 is 1.10. The molecule has 0 saturated heterocycles. The van der Waals surface area contributed by atoms with Crippen LogP contribution in [-0.2, 0) is 10.8 Å². The lowest BCUT2D eigenvalue weighted by atomic mass is 10.0. The maximum atomic E-state index is 2.43. The van der Waals surface area contributed by atoms with Gasteiger partial charge in [-0.2, -0.15) is 0 Å². The van der Waals surface area contributed by atoms with Crippen LogP contribution in [0.25, 0.3) is 10.8 Å². The first-order chi connectivity index (χ1) is 6.85. The maximum absolute atomic E-state index is 2.43. The van der Waals surface area contributed by atoms with E-state index in [1.54, 1.807) is 0 Å².